The summed E-state index contributed by atoms with van der Waals surface area (Å²) in [5, 5.41) is 21.1. The van der Waals surface area contributed by atoms with Crippen molar-refractivity contribution in [3.8, 4) is 67.9 Å². The molecule has 0 saturated heterocycles. The minimum atomic E-state index is -0.105. The van der Waals surface area contributed by atoms with Crippen molar-refractivity contribution in [2.75, 3.05) is 0 Å². The molecule has 0 fully saturated rings. The Bertz CT molecular complexity index is 1580. The number of hydrogen-bond donors (Lipinski definition) is 2. The normalized spacial score (nSPS) is 10.8. The highest BCUT2D eigenvalue weighted by molar-refractivity contribution is 5.75. The third kappa shape index (κ3) is 4.61. The van der Waals surface area contributed by atoms with Gasteiger partial charge in [0.1, 0.15) is 17.1 Å². The van der Waals surface area contributed by atoms with Crippen LogP contribution in [0.5, 0.6) is 11.5 Å². The summed E-state index contributed by atoms with van der Waals surface area (Å²) in [5.74, 6) is 0.873. The molecule has 0 saturated carbocycles. The van der Waals surface area contributed by atoms with E-state index in [0.717, 1.165) is 33.4 Å². The average molecular weight is 494 g/mol. The standard InChI is InChI=1S/C33H23N3O2/c37-28-12-7-13-29(38)30(28)33-35-31(26-18-14-24(15-19-26)22-8-3-1-4-9-22)34-32(36-33)27-20-16-25(17-21-27)23-10-5-2-6-11-23/h1-21,37-38H. The van der Waals surface area contributed by atoms with Crippen molar-refractivity contribution in [3.63, 3.8) is 0 Å². The topological polar surface area (TPSA) is 79.1 Å². The van der Waals surface area contributed by atoms with Crippen LogP contribution in [0, 0.1) is 0 Å². The highest BCUT2D eigenvalue weighted by Gasteiger charge is 2.18. The molecule has 5 aromatic carbocycles. The summed E-state index contributed by atoms with van der Waals surface area (Å²) in [7, 11) is 0. The lowest BCUT2D eigenvalue weighted by molar-refractivity contribution is 0.453. The van der Waals surface area contributed by atoms with Crippen molar-refractivity contribution >= 4 is 0 Å². The molecule has 6 aromatic rings. The minimum Gasteiger partial charge on any atom is -0.507 e. The zero-order valence-corrected chi connectivity index (χ0v) is 20.4. The molecule has 0 spiro atoms. The summed E-state index contributed by atoms with van der Waals surface area (Å²) < 4.78 is 0. The second kappa shape index (κ2) is 9.99. The van der Waals surface area contributed by atoms with Crippen molar-refractivity contribution in [1.29, 1.82) is 0 Å². The maximum Gasteiger partial charge on any atom is 0.171 e. The number of aromatic hydroxyl groups is 2. The van der Waals surface area contributed by atoms with Crippen LogP contribution < -0.4 is 0 Å². The van der Waals surface area contributed by atoms with Gasteiger partial charge >= 0.3 is 0 Å². The summed E-state index contributed by atoms with van der Waals surface area (Å²) in [6.45, 7) is 0. The van der Waals surface area contributed by atoms with Gasteiger partial charge in [-0.1, -0.05) is 115 Å². The van der Waals surface area contributed by atoms with Crippen molar-refractivity contribution < 1.29 is 10.2 Å². The number of benzene rings is 5. The Hall–Kier alpha value is -5.29. The Morgan fingerprint density at radius 3 is 1.08 bits per heavy atom. The Balaban J connectivity index is 1.45. The fraction of sp³-hybridized carbons (Fsp3) is 0. The van der Waals surface area contributed by atoms with Crippen LogP contribution in [0.2, 0.25) is 0 Å². The number of aromatic nitrogens is 3. The molecule has 1 aromatic heterocycles. The first-order valence-corrected chi connectivity index (χ1v) is 12.2. The second-order valence-electron chi connectivity index (χ2n) is 8.86. The summed E-state index contributed by atoms with van der Waals surface area (Å²) in [6, 6.07) is 40.8. The van der Waals surface area contributed by atoms with Crippen LogP contribution in [0.3, 0.4) is 0 Å². The first-order valence-electron chi connectivity index (χ1n) is 12.2. The van der Waals surface area contributed by atoms with E-state index in [1.54, 1.807) is 6.07 Å². The van der Waals surface area contributed by atoms with Gasteiger partial charge < -0.3 is 10.2 Å². The first kappa shape index (κ1) is 23.1. The summed E-state index contributed by atoms with van der Waals surface area (Å²) >= 11 is 0. The smallest absolute Gasteiger partial charge is 0.171 e. The maximum absolute atomic E-state index is 10.5. The van der Waals surface area contributed by atoms with Gasteiger partial charge in [0, 0.05) is 11.1 Å². The fourth-order valence-electron chi connectivity index (χ4n) is 4.39. The van der Waals surface area contributed by atoms with E-state index in [1.165, 1.54) is 12.1 Å². The minimum absolute atomic E-state index is 0.105. The van der Waals surface area contributed by atoms with E-state index in [2.05, 4.69) is 34.2 Å². The van der Waals surface area contributed by atoms with Gasteiger partial charge in [0.2, 0.25) is 0 Å². The van der Waals surface area contributed by atoms with E-state index in [-0.39, 0.29) is 22.9 Å². The van der Waals surface area contributed by atoms with E-state index in [4.69, 9.17) is 4.98 Å². The van der Waals surface area contributed by atoms with E-state index >= 15 is 0 Å². The number of hydrogen-bond acceptors (Lipinski definition) is 5. The monoisotopic (exact) mass is 493 g/mol. The number of phenols is 2. The zero-order chi connectivity index (χ0) is 25.9. The molecule has 1 heterocycles. The van der Waals surface area contributed by atoms with E-state index in [1.807, 2.05) is 84.9 Å². The maximum atomic E-state index is 10.5. The summed E-state index contributed by atoms with van der Waals surface area (Å²) in [6.07, 6.45) is 0. The third-order valence-corrected chi connectivity index (χ3v) is 6.38. The predicted molar refractivity (Wildman–Crippen MR) is 150 cm³/mol. The number of rotatable bonds is 5. The van der Waals surface area contributed by atoms with E-state index < -0.39 is 0 Å². The Morgan fingerprint density at radius 2 is 0.658 bits per heavy atom. The fourth-order valence-corrected chi connectivity index (χ4v) is 4.39. The average Bonchev–Trinajstić information content (AvgIpc) is 2.98. The summed E-state index contributed by atoms with van der Waals surface area (Å²) in [5.41, 5.74) is 6.16. The van der Waals surface area contributed by atoms with Crippen molar-refractivity contribution in [3.05, 3.63) is 127 Å². The van der Waals surface area contributed by atoms with E-state index in [9.17, 15) is 10.2 Å². The molecule has 0 atom stereocenters. The van der Waals surface area contributed by atoms with Crippen LogP contribution in [0.1, 0.15) is 0 Å². The molecule has 5 heteroatoms. The molecule has 182 valence electrons. The van der Waals surface area contributed by atoms with Gasteiger partial charge in [0.05, 0.1) is 0 Å². The Labute approximate surface area is 220 Å². The van der Waals surface area contributed by atoms with Crippen LogP contribution in [-0.4, -0.2) is 25.2 Å². The SMILES string of the molecule is Oc1cccc(O)c1-c1nc(-c2ccc(-c3ccccc3)cc2)nc(-c2ccc(-c3ccccc3)cc2)n1. The lowest BCUT2D eigenvalue weighted by Gasteiger charge is -2.11. The van der Waals surface area contributed by atoms with Crippen LogP contribution in [0.15, 0.2) is 127 Å². The van der Waals surface area contributed by atoms with Crippen LogP contribution in [0.25, 0.3) is 56.4 Å². The number of nitrogens with zero attached hydrogens (tertiary/aromatic N) is 3. The van der Waals surface area contributed by atoms with Crippen LogP contribution >= 0.6 is 0 Å². The van der Waals surface area contributed by atoms with Gasteiger partial charge in [-0.3, -0.25) is 0 Å². The van der Waals surface area contributed by atoms with E-state index in [0.29, 0.717) is 11.6 Å². The molecule has 0 aliphatic rings. The number of phenolic OH excluding ortho intramolecular Hbond substituents is 2. The molecule has 0 aliphatic heterocycles. The zero-order valence-electron chi connectivity index (χ0n) is 20.4. The molecule has 0 unspecified atom stereocenters. The van der Waals surface area contributed by atoms with Gasteiger partial charge in [0.25, 0.3) is 0 Å². The van der Waals surface area contributed by atoms with Crippen molar-refractivity contribution in [2.24, 2.45) is 0 Å². The van der Waals surface area contributed by atoms with Gasteiger partial charge in [-0.25, -0.2) is 15.0 Å². The first-order chi connectivity index (χ1) is 18.7. The second-order valence-corrected chi connectivity index (χ2v) is 8.86. The van der Waals surface area contributed by atoms with Gasteiger partial charge in [0.15, 0.2) is 17.5 Å². The molecular weight excluding hydrogens is 470 g/mol. The van der Waals surface area contributed by atoms with Crippen LogP contribution in [0.4, 0.5) is 0 Å². The molecule has 0 aliphatic carbocycles. The summed E-state index contributed by atoms with van der Waals surface area (Å²) in [4.78, 5) is 14.1. The molecule has 38 heavy (non-hydrogen) atoms. The molecule has 0 bridgehead atoms. The molecule has 0 radical (unpaired) electrons. The lowest BCUT2D eigenvalue weighted by atomic mass is 10.0. The molecular formula is C33H23N3O2. The van der Waals surface area contributed by atoms with Gasteiger partial charge in [-0.15, -0.1) is 0 Å². The van der Waals surface area contributed by atoms with Gasteiger partial charge in [-0.05, 0) is 34.4 Å². The molecule has 0 amide bonds. The quantitative estimate of drug-likeness (QED) is 0.258. The van der Waals surface area contributed by atoms with Crippen molar-refractivity contribution in [1.82, 2.24) is 15.0 Å². The Morgan fingerprint density at radius 1 is 0.316 bits per heavy atom. The molecule has 5 nitrogen and oxygen atoms in total. The Kier molecular flexibility index (Phi) is 6.08. The van der Waals surface area contributed by atoms with Crippen LogP contribution in [-0.2, 0) is 0 Å². The molecule has 6 rings (SSSR count). The lowest BCUT2D eigenvalue weighted by Crippen LogP contribution is -2.00. The van der Waals surface area contributed by atoms with Gasteiger partial charge in [-0.2, -0.15) is 0 Å². The third-order valence-electron chi connectivity index (χ3n) is 6.38. The highest BCUT2D eigenvalue weighted by Crippen LogP contribution is 2.36. The molecule has 2 N–H and O–H groups in total. The largest absolute Gasteiger partial charge is 0.507 e. The highest BCUT2D eigenvalue weighted by atomic mass is 16.3. The predicted octanol–water partition coefficient (Wildman–Crippen LogP) is 7.62. The van der Waals surface area contributed by atoms with Crippen molar-refractivity contribution in [2.45, 2.75) is 0 Å².